The molecule has 4 heteroatoms. The third kappa shape index (κ3) is 3.04. The van der Waals surface area contributed by atoms with Crippen LogP contribution in [0.25, 0.3) is 10.9 Å². The van der Waals surface area contributed by atoms with Crippen molar-refractivity contribution in [3.8, 4) is 11.6 Å². The molecule has 2 aromatic carbocycles. The number of ether oxygens (including phenoxy) is 1. The lowest BCUT2D eigenvalue weighted by molar-refractivity contribution is 0.461. The van der Waals surface area contributed by atoms with Gasteiger partial charge in [-0.2, -0.15) is 0 Å². The Kier molecular flexibility index (Phi) is 4.13. The molecule has 0 amide bonds. The van der Waals surface area contributed by atoms with E-state index in [-0.39, 0.29) is 0 Å². The average Bonchev–Trinajstić information content (AvgIpc) is 2.49. The van der Waals surface area contributed by atoms with Crippen LogP contribution in [0.5, 0.6) is 11.6 Å². The van der Waals surface area contributed by atoms with Crippen LogP contribution in [0.2, 0.25) is 5.02 Å². The second-order valence-corrected chi connectivity index (χ2v) is 5.78. The van der Waals surface area contributed by atoms with Gasteiger partial charge in [-0.1, -0.05) is 51.8 Å². The van der Waals surface area contributed by atoms with Crippen molar-refractivity contribution in [2.75, 3.05) is 0 Å². The number of benzene rings is 2. The summed E-state index contributed by atoms with van der Waals surface area (Å²) in [6, 6.07) is 15.8. The monoisotopic (exact) mass is 361 g/mol. The number of hydrogen-bond donors (Lipinski definition) is 0. The normalized spacial score (nSPS) is 10.8. The first-order chi connectivity index (χ1) is 10.2. The average molecular weight is 363 g/mol. The minimum Gasteiger partial charge on any atom is -0.437 e. The van der Waals surface area contributed by atoms with Gasteiger partial charge >= 0.3 is 0 Å². The molecule has 21 heavy (non-hydrogen) atoms. The van der Waals surface area contributed by atoms with Gasteiger partial charge in [-0.15, -0.1) is 0 Å². The Labute approximate surface area is 136 Å². The number of hydrogen-bond acceptors (Lipinski definition) is 2. The van der Waals surface area contributed by atoms with Crippen molar-refractivity contribution in [1.82, 2.24) is 4.98 Å². The standard InChI is InChI=1S/C17H13BrClNO/c1-11-6-7-16(14(19)8-11)21-17-13(10-18)9-12-4-2-3-5-15(12)20-17/h2-9H,10H2,1H3. The Morgan fingerprint density at radius 1 is 1.14 bits per heavy atom. The van der Waals surface area contributed by atoms with Crippen LogP contribution in [0, 0.1) is 6.92 Å². The summed E-state index contributed by atoms with van der Waals surface area (Å²) >= 11 is 9.71. The molecular weight excluding hydrogens is 350 g/mol. The predicted molar refractivity (Wildman–Crippen MR) is 90.6 cm³/mol. The van der Waals surface area contributed by atoms with Crippen LogP contribution in [-0.2, 0) is 5.33 Å². The highest BCUT2D eigenvalue weighted by atomic mass is 79.9. The number of alkyl halides is 1. The smallest absolute Gasteiger partial charge is 0.223 e. The zero-order valence-electron chi connectivity index (χ0n) is 11.4. The molecule has 106 valence electrons. The number of para-hydroxylation sites is 1. The Hall–Kier alpha value is -1.58. The molecule has 0 aliphatic carbocycles. The Bertz CT molecular complexity index is 804. The molecule has 0 bridgehead atoms. The molecule has 0 spiro atoms. The van der Waals surface area contributed by atoms with Crippen molar-refractivity contribution in [3.63, 3.8) is 0 Å². The Morgan fingerprint density at radius 2 is 1.95 bits per heavy atom. The number of aromatic nitrogens is 1. The maximum atomic E-state index is 6.23. The van der Waals surface area contributed by atoms with E-state index in [0.717, 1.165) is 22.0 Å². The van der Waals surface area contributed by atoms with Gasteiger partial charge in [-0.25, -0.2) is 4.98 Å². The summed E-state index contributed by atoms with van der Waals surface area (Å²) in [5, 5.41) is 2.35. The van der Waals surface area contributed by atoms with Gasteiger partial charge < -0.3 is 4.74 Å². The van der Waals surface area contributed by atoms with Gasteiger partial charge in [0, 0.05) is 16.3 Å². The van der Waals surface area contributed by atoms with Gasteiger partial charge in [0.1, 0.15) is 5.75 Å². The number of nitrogens with zero attached hydrogens (tertiary/aromatic N) is 1. The van der Waals surface area contributed by atoms with Crippen molar-refractivity contribution in [1.29, 1.82) is 0 Å². The lowest BCUT2D eigenvalue weighted by atomic mass is 10.1. The van der Waals surface area contributed by atoms with Gasteiger partial charge in [-0.05, 0) is 36.8 Å². The van der Waals surface area contributed by atoms with E-state index in [4.69, 9.17) is 16.3 Å². The molecular formula is C17H13BrClNO. The first kappa shape index (κ1) is 14.4. The summed E-state index contributed by atoms with van der Waals surface area (Å²) in [6.07, 6.45) is 0. The number of aryl methyl sites for hydroxylation is 1. The highest BCUT2D eigenvalue weighted by Crippen LogP contribution is 2.33. The molecule has 0 atom stereocenters. The quantitative estimate of drug-likeness (QED) is 0.542. The number of pyridine rings is 1. The van der Waals surface area contributed by atoms with Gasteiger partial charge in [0.05, 0.1) is 10.5 Å². The van der Waals surface area contributed by atoms with Gasteiger partial charge in [-0.3, -0.25) is 0 Å². The predicted octanol–water partition coefficient (Wildman–Crippen LogP) is 5.88. The van der Waals surface area contributed by atoms with E-state index >= 15 is 0 Å². The molecule has 0 fully saturated rings. The minimum absolute atomic E-state index is 0.580. The van der Waals surface area contributed by atoms with E-state index in [1.807, 2.05) is 49.4 Å². The van der Waals surface area contributed by atoms with Crippen LogP contribution in [-0.4, -0.2) is 4.98 Å². The van der Waals surface area contributed by atoms with Crippen molar-refractivity contribution in [2.45, 2.75) is 12.3 Å². The van der Waals surface area contributed by atoms with E-state index in [0.29, 0.717) is 22.0 Å². The van der Waals surface area contributed by atoms with E-state index in [2.05, 4.69) is 27.0 Å². The van der Waals surface area contributed by atoms with E-state index < -0.39 is 0 Å². The van der Waals surface area contributed by atoms with E-state index in [9.17, 15) is 0 Å². The molecule has 1 aromatic heterocycles. The molecule has 1 heterocycles. The second-order valence-electron chi connectivity index (χ2n) is 4.81. The summed E-state index contributed by atoms with van der Waals surface area (Å²) in [6.45, 7) is 1.99. The Balaban J connectivity index is 2.06. The molecule has 3 aromatic rings. The third-order valence-corrected chi connectivity index (χ3v) is 4.10. The molecule has 0 radical (unpaired) electrons. The summed E-state index contributed by atoms with van der Waals surface area (Å²) in [4.78, 5) is 4.59. The molecule has 0 aliphatic rings. The molecule has 0 N–H and O–H groups in total. The largest absolute Gasteiger partial charge is 0.437 e. The summed E-state index contributed by atoms with van der Waals surface area (Å²) in [5.41, 5.74) is 2.99. The fourth-order valence-electron chi connectivity index (χ4n) is 2.12. The summed E-state index contributed by atoms with van der Waals surface area (Å²) in [7, 11) is 0. The summed E-state index contributed by atoms with van der Waals surface area (Å²) < 4.78 is 5.92. The molecule has 3 rings (SSSR count). The van der Waals surface area contributed by atoms with Crippen LogP contribution in [0.3, 0.4) is 0 Å². The lowest BCUT2D eigenvalue weighted by Gasteiger charge is -2.11. The maximum Gasteiger partial charge on any atom is 0.223 e. The summed E-state index contributed by atoms with van der Waals surface area (Å²) in [5.74, 6) is 1.20. The molecule has 0 saturated heterocycles. The zero-order chi connectivity index (χ0) is 14.8. The van der Waals surface area contributed by atoms with Crippen molar-refractivity contribution in [2.24, 2.45) is 0 Å². The topological polar surface area (TPSA) is 22.1 Å². The number of rotatable bonds is 3. The molecule has 0 aliphatic heterocycles. The fraction of sp³-hybridized carbons (Fsp3) is 0.118. The zero-order valence-corrected chi connectivity index (χ0v) is 13.8. The highest BCUT2D eigenvalue weighted by Gasteiger charge is 2.10. The van der Waals surface area contributed by atoms with Gasteiger partial charge in [0.15, 0.2) is 0 Å². The molecule has 2 nitrogen and oxygen atoms in total. The first-order valence-corrected chi connectivity index (χ1v) is 8.06. The van der Waals surface area contributed by atoms with Crippen molar-refractivity contribution in [3.05, 3.63) is 64.7 Å². The third-order valence-electron chi connectivity index (χ3n) is 3.20. The molecule has 0 unspecified atom stereocenters. The highest BCUT2D eigenvalue weighted by molar-refractivity contribution is 9.08. The Morgan fingerprint density at radius 3 is 2.71 bits per heavy atom. The van der Waals surface area contributed by atoms with Gasteiger partial charge in [0.25, 0.3) is 0 Å². The molecule has 0 saturated carbocycles. The van der Waals surface area contributed by atoms with Gasteiger partial charge in [0.2, 0.25) is 5.88 Å². The van der Waals surface area contributed by atoms with Crippen LogP contribution in [0.4, 0.5) is 0 Å². The lowest BCUT2D eigenvalue weighted by Crippen LogP contribution is -1.95. The van der Waals surface area contributed by atoms with Crippen LogP contribution in [0.15, 0.2) is 48.5 Å². The van der Waals surface area contributed by atoms with Crippen LogP contribution < -0.4 is 4.74 Å². The number of halogens is 2. The maximum absolute atomic E-state index is 6.23. The van der Waals surface area contributed by atoms with Crippen LogP contribution in [0.1, 0.15) is 11.1 Å². The second kappa shape index (κ2) is 6.04. The minimum atomic E-state index is 0.580. The SMILES string of the molecule is Cc1ccc(Oc2nc3ccccc3cc2CBr)c(Cl)c1. The van der Waals surface area contributed by atoms with E-state index in [1.54, 1.807) is 0 Å². The van der Waals surface area contributed by atoms with Crippen molar-refractivity contribution >= 4 is 38.4 Å². The van der Waals surface area contributed by atoms with Crippen LogP contribution >= 0.6 is 27.5 Å². The first-order valence-electron chi connectivity index (χ1n) is 6.56. The van der Waals surface area contributed by atoms with Crippen molar-refractivity contribution < 1.29 is 4.74 Å². The number of fused-ring (bicyclic) bond motifs is 1. The van der Waals surface area contributed by atoms with E-state index in [1.165, 1.54) is 0 Å². The fourth-order valence-corrected chi connectivity index (χ4v) is 2.79.